The Morgan fingerprint density at radius 3 is 2.04 bits per heavy atom. The second-order valence-electron chi connectivity index (χ2n) is 5.47. The fraction of sp³-hybridized carbons (Fsp3) is 0.0952. The van der Waals surface area contributed by atoms with E-state index in [2.05, 4.69) is 95.7 Å². The molecule has 114 valence electrons. The fourth-order valence-electron chi connectivity index (χ4n) is 2.43. The highest BCUT2D eigenvalue weighted by molar-refractivity contribution is 9.10. The van der Waals surface area contributed by atoms with E-state index in [-0.39, 0.29) is 0 Å². The molecule has 2 heteroatoms. The summed E-state index contributed by atoms with van der Waals surface area (Å²) in [6.45, 7) is 2.77. The summed E-state index contributed by atoms with van der Waals surface area (Å²) in [5.74, 6) is 0. The van der Waals surface area contributed by atoms with Crippen molar-refractivity contribution < 1.29 is 0 Å². The van der Waals surface area contributed by atoms with E-state index in [1.54, 1.807) is 0 Å². The molecule has 0 N–H and O–H groups in total. The maximum atomic E-state index is 4.70. The van der Waals surface area contributed by atoms with Crippen molar-refractivity contribution in [3.63, 3.8) is 0 Å². The van der Waals surface area contributed by atoms with Gasteiger partial charge in [0.05, 0.1) is 6.54 Å². The molecule has 23 heavy (non-hydrogen) atoms. The Labute approximate surface area is 145 Å². The first kappa shape index (κ1) is 15.7. The van der Waals surface area contributed by atoms with Crippen molar-refractivity contribution in [1.29, 1.82) is 0 Å². The van der Waals surface area contributed by atoms with E-state index in [0.29, 0.717) is 6.54 Å². The van der Waals surface area contributed by atoms with E-state index >= 15 is 0 Å². The van der Waals surface area contributed by atoms with Crippen molar-refractivity contribution in [2.45, 2.75) is 13.5 Å². The van der Waals surface area contributed by atoms with Crippen molar-refractivity contribution in [2.24, 2.45) is 4.99 Å². The minimum atomic E-state index is 0.708. The maximum absolute atomic E-state index is 4.70. The summed E-state index contributed by atoms with van der Waals surface area (Å²) in [4.78, 5) is 4.70. The molecule has 1 nitrogen and oxygen atoms in total. The highest BCUT2D eigenvalue weighted by Gasteiger charge is 2.00. The molecular weight excluding hydrogens is 346 g/mol. The second-order valence-corrected chi connectivity index (χ2v) is 6.39. The zero-order valence-electron chi connectivity index (χ0n) is 13.0. The molecule has 0 spiro atoms. The van der Waals surface area contributed by atoms with Gasteiger partial charge in [-0.25, -0.2) is 0 Å². The van der Waals surface area contributed by atoms with Gasteiger partial charge in [0.25, 0.3) is 0 Å². The molecule has 0 saturated heterocycles. The molecule has 0 unspecified atom stereocenters. The molecule has 0 heterocycles. The number of hydrogen-bond acceptors (Lipinski definition) is 1. The average Bonchev–Trinajstić information content (AvgIpc) is 2.62. The Morgan fingerprint density at radius 2 is 1.39 bits per heavy atom. The normalized spacial score (nSPS) is 11.5. The van der Waals surface area contributed by atoms with Crippen LogP contribution in [0, 0.1) is 0 Å². The molecule has 0 fully saturated rings. The molecule has 0 aromatic heterocycles. The van der Waals surface area contributed by atoms with Gasteiger partial charge in [-0.3, -0.25) is 4.99 Å². The van der Waals surface area contributed by atoms with Crippen LogP contribution in [-0.4, -0.2) is 5.71 Å². The van der Waals surface area contributed by atoms with E-state index in [4.69, 9.17) is 4.99 Å². The van der Waals surface area contributed by atoms with Gasteiger partial charge in [-0.15, -0.1) is 0 Å². The molecule has 3 aromatic carbocycles. The van der Waals surface area contributed by atoms with E-state index in [0.717, 1.165) is 10.2 Å². The topological polar surface area (TPSA) is 12.4 Å². The van der Waals surface area contributed by atoms with Crippen molar-refractivity contribution >= 4 is 21.6 Å². The first-order chi connectivity index (χ1) is 11.2. The number of aliphatic imine (C=N–C) groups is 1. The van der Waals surface area contributed by atoms with Gasteiger partial charge in [0, 0.05) is 10.2 Å². The van der Waals surface area contributed by atoms with Crippen molar-refractivity contribution in [3.05, 3.63) is 94.5 Å². The third kappa shape index (κ3) is 4.17. The number of benzene rings is 3. The highest BCUT2D eigenvalue weighted by Crippen LogP contribution is 2.19. The van der Waals surface area contributed by atoms with Crippen LogP contribution >= 0.6 is 15.9 Å². The average molecular weight is 364 g/mol. The quantitative estimate of drug-likeness (QED) is 0.494. The second kappa shape index (κ2) is 7.38. The summed E-state index contributed by atoms with van der Waals surface area (Å²) in [6.07, 6.45) is 0. The molecule has 0 amide bonds. The molecule has 0 bridgehead atoms. The standard InChI is InChI=1S/C21H18BrN/c1-16(23-15-17-7-13-21(22)14-8-17)18-9-11-20(12-10-18)19-5-3-2-4-6-19/h2-14H,15H2,1H3. The zero-order chi connectivity index (χ0) is 16.1. The summed E-state index contributed by atoms with van der Waals surface area (Å²) in [6, 6.07) is 27.3. The monoisotopic (exact) mass is 363 g/mol. The largest absolute Gasteiger partial charge is 0.285 e. The Balaban J connectivity index is 1.73. The predicted molar refractivity (Wildman–Crippen MR) is 102 cm³/mol. The van der Waals surface area contributed by atoms with Crippen LogP contribution in [0.2, 0.25) is 0 Å². The molecule has 0 aliphatic rings. The minimum Gasteiger partial charge on any atom is -0.285 e. The molecule has 0 aliphatic heterocycles. The number of hydrogen-bond donors (Lipinski definition) is 0. The summed E-state index contributed by atoms with van der Waals surface area (Å²) >= 11 is 3.45. The van der Waals surface area contributed by atoms with Crippen LogP contribution in [0.5, 0.6) is 0 Å². The van der Waals surface area contributed by atoms with Gasteiger partial charge < -0.3 is 0 Å². The van der Waals surface area contributed by atoms with E-state index in [1.165, 1.54) is 22.3 Å². The Kier molecular flexibility index (Phi) is 5.04. The molecular formula is C21H18BrN. The number of halogens is 1. The Morgan fingerprint density at radius 1 is 0.783 bits per heavy atom. The SMILES string of the molecule is CC(=NCc1ccc(Br)cc1)c1ccc(-c2ccccc2)cc1. The van der Waals surface area contributed by atoms with Crippen LogP contribution in [0.15, 0.2) is 88.3 Å². The van der Waals surface area contributed by atoms with E-state index in [9.17, 15) is 0 Å². The third-order valence-electron chi connectivity index (χ3n) is 3.82. The molecule has 0 atom stereocenters. The highest BCUT2D eigenvalue weighted by atomic mass is 79.9. The lowest BCUT2D eigenvalue weighted by molar-refractivity contribution is 1.06. The lowest BCUT2D eigenvalue weighted by Gasteiger charge is -2.05. The smallest absolute Gasteiger partial charge is 0.0643 e. The van der Waals surface area contributed by atoms with Crippen LogP contribution < -0.4 is 0 Å². The van der Waals surface area contributed by atoms with Crippen molar-refractivity contribution in [3.8, 4) is 11.1 Å². The van der Waals surface area contributed by atoms with E-state index in [1.807, 2.05) is 6.07 Å². The number of nitrogens with zero attached hydrogens (tertiary/aromatic N) is 1. The van der Waals surface area contributed by atoms with Gasteiger partial charge in [-0.1, -0.05) is 82.7 Å². The predicted octanol–water partition coefficient (Wildman–Crippen LogP) is 6.13. The van der Waals surface area contributed by atoms with Crippen LogP contribution in [-0.2, 0) is 6.54 Å². The molecule has 3 rings (SSSR count). The van der Waals surface area contributed by atoms with Crippen molar-refractivity contribution in [2.75, 3.05) is 0 Å². The van der Waals surface area contributed by atoms with Gasteiger partial charge in [-0.2, -0.15) is 0 Å². The molecule has 0 radical (unpaired) electrons. The summed E-state index contributed by atoms with van der Waals surface area (Å²) in [5.41, 5.74) is 5.92. The Hall–Kier alpha value is -2.19. The van der Waals surface area contributed by atoms with E-state index < -0.39 is 0 Å². The van der Waals surface area contributed by atoms with Gasteiger partial charge in [0.2, 0.25) is 0 Å². The van der Waals surface area contributed by atoms with Crippen molar-refractivity contribution in [1.82, 2.24) is 0 Å². The Bertz CT molecular complexity index is 788. The molecule has 3 aromatic rings. The summed E-state index contributed by atoms with van der Waals surface area (Å²) in [7, 11) is 0. The number of rotatable bonds is 4. The van der Waals surface area contributed by atoms with Gasteiger partial charge >= 0.3 is 0 Å². The van der Waals surface area contributed by atoms with Gasteiger partial charge in [0.15, 0.2) is 0 Å². The summed E-state index contributed by atoms with van der Waals surface area (Å²) in [5, 5.41) is 0. The first-order valence-corrected chi connectivity index (χ1v) is 8.43. The maximum Gasteiger partial charge on any atom is 0.0643 e. The first-order valence-electron chi connectivity index (χ1n) is 7.64. The van der Waals surface area contributed by atoms with Gasteiger partial charge in [-0.05, 0) is 41.3 Å². The zero-order valence-corrected chi connectivity index (χ0v) is 14.6. The lowest BCUT2D eigenvalue weighted by Crippen LogP contribution is -1.96. The van der Waals surface area contributed by atoms with Crippen LogP contribution in [0.4, 0.5) is 0 Å². The molecule has 0 saturated carbocycles. The van der Waals surface area contributed by atoms with Crippen LogP contribution in [0.3, 0.4) is 0 Å². The van der Waals surface area contributed by atoms with Gasteiger partial charge in [0.1, 0.15) is 0 Å². The fourth-order valence-corrected chi connectivity index (χ4v) is 2.69. The van der Waals surface area contributed by atoms with Crippen LogP contribution in [0.25, 0.3) is 11.1 Å². The lowest BCUT2D eigenvalue weighted by atomic mass is 10.0. The minimum absolute atomic E-state index is 0.708. The third-order valence-corrected chi connectivity index (χ3v) is 4.35. The molecule has 0 aliphatic carbocycles. The summed E-state index contributed by atoms with van der Waals surface area (Å²) < 4.78 is 1.10. The van der Waals surface area contributed by atoms with Crippen LogP contribution in [0.1, 0.15) is 18.1 Å².